The third-order valence-electron chi connectivity index (χ3n) is 2.00. The highest BCUT2D eigenvalue weighted by Crippen LogP contribution is 2.25. The van der Waals surface area contributed by atoms with Crippen LogP contribution in [0.4, 0.5) is 5.69 Å². The van der Waals surface area contributed by atoms with Gasteiger partial charge in [-0.25, -0.2) is 0 Å². The molecule has 2 nitrogen and oxygen atoms in total. The van der Waals surface area contributed by atoms with E-state index in [9.17, 15) is 0 Å². The SMILES string of the molecule is Cc1ccc(C)c([N+]#N)c1C. The average molecular weight is 147 g/mol. The van der Waals surface area contributed by atoms with Gasteiger partial charge in [0, 0.05) is 11.1 Å². The van der Waals surface area contributed by atoms with Gasteiger partial charge in [-0.2, -0.15) is 0 Å². The van der Waals surface area contributed by atoms with Gasteiger partial charge in [-0.15, -0.1) is 0 Å². The number of hydrogen-bond donors (Lipinski definition) is 0. The van der Waals surface area contributed by atoms with Crippen molar-refractivity contribution in [1.29, 1.82) is 5.39 Å². The summed E-state index contributed by atoms with van der Waals surface area (Å²) in [6, 6.07) is 3.98. The fourth-order valence-corrected chi connectivity index (χ4v) is 1.09. The Hall–Kier alpha value is -1.36. The van der Waals surface area contributed by atoms with Crippen LogP contribution in [-0.2, 0) is 0 Å². The molecule has 0 N–H and O–H groups in total. The molecule has 11 heavy (non-hydrogen) atoms. The second-order valence-corrected chi connectivity index (χ2v) is 2.77. The van der Waals surface area contributed by atoms with E-state index in [-0.39, 0.29) is 0 Å². The summed E-state index contributed by atoms with van der Waals surface area (Å²) in [5.41, 5.74) is 3.91. The highest BCUT2D eigenvalue weighted by Gasteiger charge is 2.14. The summed E-state index contributed by atoms with van der Waals surface area (Å²) in [7, 11) is 0. The lowest BCUT2D eigenvalue weighted by Gasteiger charge is -1.95. The maximum absolute atomic E-state index is 8.65. The van der Waals surface area contributed by atoms with Crippen LogP contribution in [0.15, 0.2) is 12.1 Å². The van der Waals surface area contributed by atoms with Gasteiger partial charge in [0.2, 0.25) is 5.39 Å². The predicted molar refractivity (Wildman–Crippen MR) is 45.4 cm³/mol. The highest BCUT2D eigenvalue weighted by molar-refractivity contribution is 5.59. The standard InChI is InChI=1S/C9H11N2/c1-6-4-5-7(2)9(11-10)8(6)3/h4-5H,1-3H3/q+1. The summed E-state index contributed by atoms with van der Waals surface area (Å²) in [6.07, 6.45) is 0. The topological polar surface area (TPSA) is 28.1 Å². The largest absolute Gasteiger partial charge is 0.391 e. The van der Waals surface area contributed by atoms with Crippen molar-refractivity contribution < 1.29 is 0 Å². The average Bonchev–Trinajstić information content (AvgIpc) is 1.99. The predicted octanol–water partition coefficient (Wildman–Crippen LogP) is 3.10. The molecular weight excluding hydrogens is 136 g/mol. The molecule has 0 fully saturated rings. The van der Waals surface area contributed by atoms with Crippen molar-refractivity contribution in [3.05, 3.63) is 33.8 Å². The van der Waals surface area contributed by atoms with Crippen molar-refractivity contribution in [3.8, 4) is 0 Å². The second kappa shape index (κ2) is 2.71. The van der Waals surface area contributed by atoms with Crippen LogP contribution >= 0.6 is 0 Å². The first-order chi connectivity index (χ1) is 5.16. The molecule has 0 unspecified atom stereocenters. The fraction of sp³-hybridized carbons (Fsp3) is 0.333. The van der Waals surface area contributed by atoms with Crippen LogP contribution in [0.25, 0.3) is 4.98 Å². The quantitative estimate of drug-likeness (QED) is 0.518. The molecule has 0 saturated carbocycles. The van der Waals surface area contributed by atoms with E-state index in [4.69, 9.17) is 5.39 Å². The van der Waals surface area contributed by atoms with E-state index >= 15 is 0 Å². The molecule has 1 aromatic rings. The minimum Gasteiger partial charge on any atom is -0.0582 e. The van der Waals surface area contributed by atoms with Crippen LogP contribution in [0.2, 0.25) is 0 Å². The van der Waals surface area contributed by atoms with E-state index in [0.717, 1.165) is 16.7 Å². The van der Waals surface area contributed by atoms with Crippen LogP contribution in [0.3, 0.4) is 0 Å². The molecule has 56 valence electrons. The second-order valence-electron chi connectivity index (χ2n) is 2.77. The molecule has 0 spiro atoms. The Labute approximate surface area is 66.5 Å². The first-order valence-electron chi connectivity index (χ1n) is 3.58. The van der Waals surface area contributed by atoms with Crippen molar-refractivity contribution >= 4 is 5.69 Å². The zero-order valence-corrected chi connectivity index (χ0v) is 7.05. The van der Waals surface area contributed by atoms with Crippen molar-refractivity contribution in [2.45, 2.75) is 20.8 Å². The smallest absolute Gasteiger partial charge is 0.0582 e. The van der Waals surface area contributed by atoms with E-state index in [1.54, 1.807) is 0 Å². The summed E-state index contributed by atoms with van der Waals surface area (Å²) in [6.45, 7) is 5.89. The van der Waals surface area contributed by atoms with Crippen molar-refractivity contribution in [2.24, 2.45) is 0 Å². The number of hydrogen-bond acceptors (Lipinski definition) is 1. The third kappa shape index (κ3) is 1.22. The maximum atomic E-state index is 8.65. The molecule has 0 bridgehead atoms. The number of rotatable bonds is 0. The molecule has 1 aromatic carbocycles. The number of aryl methyl sites for hydroxylation is 2. The van der Waals surface area contributed by atoms with Crippen LogP contribution in [0.5, 0.6) is 0 Å². The Morgan fingerprint density at radius 3 is 2.09 bits per heavy atom. The number of nitrogens with zero attached hydrogens (tertiary/aromatic N) is 2. The molecule has 0 saturated heterocycles. The molecule has 0 aliphatic rings. The Kier molecular flexibility index (Phi) is 1.91. The third-order valence-corrected chi connectivity index (χ3v) is 2.00. The molecule has 0 radical (unpaired) electrons. The molecule has 0 aromatic heterocycles. The first-order valence-corrected chi connectivity index (χ1v) is 3.58. The van der Waals surface area contributed by atoms with Gasteiger partial charge in [-0.1, -0.05) is 12.1 Å². The normalized spacial score (nSPS) is 9.27. The molecule has 0 amide bonds. The van der Waals surface area contributed by atoms with E-state index in [2.05, 4.69) is 4.98 Å². The lowest BCUT2D eigenvalue weighted by Crippen LogP contribution is -1.82. The summed E-state index contributed by atoms with van der Waals surface area (Å²) < 4.78 is 0. The van der Waals surface area contributed by atoms with E-state index in [1.165, 1.54) is 0 Å². The van der Waals surface area contributed by atoms with Crippen molar-refractivity contribution in [1.82, 2.24) is 0 Å². The van der Waals surface area contributed by atoms with Crippen LogP contribution in [0.1, 0.15) is 16.7 Å². The van der Waals surface area contributed by atoms with Gasteiger partial charge in [-0.05, 0) is 26.3 Å². The molecule has 0 aliphatic heterocycles. The number of diazo groups is 1. The summed E-state index contributed by atoms with van der Waals surface area (Å²) >= 11 is 0. The lowest BCUT2D eigenvalue weighted by molar-refractivity contribution is 1.29. The van der Waals surface area contributed by atoms with Crippen LogP contribution < -0.4 is 0 Å². The Balaban J connectivity index is 3.44. The maximum Gasteiger partial charge on any atom is 0.391 e. The molecule has 1 rings (SSSR count). The lowest BCUT2D eigenvalue weighted by atomic mass is 10.0. The van der Waals surface area contributed by atoms with E-state index in [1.807, 2.05) is 32.9 Å². The van der Waals surface area contributed by atoms with Crippen molar-refractivity contribution in [2.75, 3.05) is 0 Å². The zero-order chi connectivity index (χ0) is 8.43. The fourth-order valence-electron chi connectivity index (χ4n) is 1.09. The van der Waals surface area contributed by atoms with Gasteiger partial charge < -0.3 is 0 Å². The minimum atomic E-state index is 0.699. The van der Waals surface area contributed by atoms with Gasteiger partial charge >= 0.3 is 5.69 Å². The first kappa shape index (κ1) is 7.74. The Bertz CT molecular complexity index is 321. The Morgan fingerprint density at radius 2 is 1.64 bits per heavy atom. The summed E-state index contributed by atoms with van der Waals surface area (Å²) in [4.78, 5) is 3.23. The van der Waals surface area contributed by atoms with Crippen LogP contribution in [0, 0.1) is 26.2 Å². The molecule has 0 heterocycles. The van der Waals surface area contributed by atoms with Gasteiger partial charge in [-0.3, -0.25) is 0 Å². The Morgan fingerprint density at radius 1 is 1.09 bits per heavy atom. The van der Waals surface area contributed by atoms with Crippen molar-refractivity contribution in [3.63, 3.8) is 0 Å². The highest BCUT2D eigenvalue weighted by atomic mass is 14.9. The molecule has 2 heteroatoms. The minimum absolute atomic E-state index is 0.699. The van der Waals surface area contributed by atoms with E-state index in [0.29, 0.717) is 5.69 Å². The molecular formula is C9H11N2+. The molecule has 0 atom stereocenters. The summed E-state index contributed by atoms with van der Waals surface area (Å²) in [5, 5.41) is 8.65. The van der Waals surface area contributed by atoms with E-state index < -0.39 is 0 Å². The van der Waals surface area contributed by atoms with Gasteiger partial charge in [0.05, 0.1) is 0 Å². The van der Waals surface area contributed by atoms with Gasteiger partial charge in [0.1, 0.15) is 0 Å². The summed E-state index contributed by atoms with van der Waals surface area (Å²) in [5.74, 6) is 0. The molecule has 0 aliphatic carbocycles. The van der Waals surface area contributed by atoms with Gasteiger partial charge in [0.15, 0.2) is 4.98 Å². The zero-order valence-electron chi connectivity index (χ0n) is 7.05. The monoisotopic (exact) mass is 147 g/mol. The number of benzene rings is 1. The van der Waals surface area contributed by atoms with Gasteiger partial charge in [0.25, 0.3) is 0 Å². The van der Waals surface area contributed by atoms with Crippen LogP contribution in [-0.4, -0.2) is 0 Å².